The van der Waals surface area contributed by atoms with Crippen LogP contribution in [0.25, 0.3) is 20.7 Å². The number of aromatic amines is 1. The highest BCUT2D eigenvalue weighted by atomic mass is 35.5. The van der Waals surface area contributed by atoms with Gasteiger partial charge in [-0.05, 0) is 49.6 Å². The molecule has 102 valence electrons. The highest BCUT2D eigenvalue weighted by Gasteiger charge is 2.15. The number of aryl methyl sites for hydroxylation is 3. The summed E-state index contributed by atoms with van der Waals surface area (Å²) >= 11 is 7.61. The predicted molar refractivity (Wildman–Crippen MR) is 84.9 cm³/mol. The van der Waals surface area contributed by atoms with Crippen LogP contribution in [-0.4, -0.2) is 9.97 Å². The molecule has 0 aliphatic rings. The summed E-state index contributed by atoms with van der Waals surface area (Å²) in [6.45, 7) is 5.73. The molecule has 3 nitrogen and oxygen atoms in total. The van der Waals surface area contributed by atoms with Gasteiger partial charge in [-0.25, -0.2) is 4.98 Å². The molecule has 20 heavy (non-hydrogen) atoms. The highest BCUT2D eigenvalue weighted by Crippen LogP contribution is 2.36. The normalized spacial score (nSPS) is 11.2. The molecule has 0 radical (unpaired) electrons. The van der Waals surface area contributed by atoms with E-state index in [0.717, 1.165) is 31.4 Å². The summed E-state index contributed by atoms with van der Waals surface area (Å²) in [6, 6.07) is 5.91. The van der Waals surface area contributed by atoms with Crippen LogP contribution in [0.1, 0.15) is 17.0 Å². The van der Waals surface area contributed by atoms with Gasteiger partial charge in [-0.3, -0.25) is 4.79 Å². The lowest BCUT2D eigenvalue weighted by Crippen LogP contribution is -2.08. The van der Waals surface area contributed by atoms with Crippen molar-refractivity contribution in [3.8, 4) is 10.4 Å². The Balaban J connectivity index is 2.32. The molecule has 0 amide bonds. The largest absolute Gasteiger partial charge is 0.310 e. The lowest BCUT2D eigenvalue weighted by molar-refractivity contribution is 1.06. The molecule has 0 bridgehead atoms. The van der Waals surface area contributed by atoms with Crippen molar-refractivity contribution in [2.45, 2.75) is 20.8 Å². The number of halogens is 1. The number of aromatic nitrogens is 2. The number of hydrogen-bond acceptors (Lipinski definition) is 3. The first-order chi connectivity index (χ1) is 9.47. The molecule has 0 aliphatic heterocycles. The first kappa shape index (κ1) is 13.3. The smallest absolute Gasteiger partial charge is 0.259 e. The fraction of sp³-hybridized carbons (Fsp3) is 0.200. The van der Waals surface area contributed by atoms with E-state index in [1.54, 1.807) is 18.3 Å². The topological polar surface area (TPSA) is 45.8 Å². The molecule has 0 aliphatic carbocycles. The van der Waals surface area contributed by atoms with Gasteiger partial charge in [0.1, 0.15) is 10.7 Å². The fourth-order valence-corrected chi connectivity index (χ4v) is 3.65. The van der Waals surface area contributed by atoms with Crippen molar-refractivity contribution in [3.63, 3.8) is 0 Å². The van der Waals surface area contributed by atoms with Crippen LogP contribution < -0.4 is 5.56 Å². The third-order valence-electron chi connectivity index (χ3n) is 3.34. The Kier molecular flexibility index (Phi) is 3.15. The maximum Gasteiger partial charge on any atom is 0.259 e. The van der Waals surface area contributed by atoms with Gasteiger partial charge >= 0.3 is 0 Å². The van der Waals surface area contributed by atoms with Gasteiger partial charge in [-0.2, -0.15) is 0 Å². The average Bonchev–Trinajstić information content (AvgIpc) is 2.70. The van der Waals surface area contributed by atoms with Crippen LogP contribution >= 0.6 is 22.9 Å². The lowest BCUT2D eigenvalue weighted by Gasteiger charge is -2.03. The Labute approximate surface area is 125 Å². The van der Waals surface area contributed by atoms with Gasteiger partial charge in [0.25, 0.3) is 5.56 Å². The molecule has 0 fully saturated rings. The van der Waals surface area contributed by atoms with E-state index in [-0.39, 0.29) is 5.56 Å². The van der Waals surface area contributed by atoms with Gasteiger partial charge in [0.05, 0.1) is 5.39 Å². The summed E-state index contributed by atoms with van der Waals surface area (Å²) in [6.07, 6.45) is 0. The number of fused-ring (bicyclic) bond motifs is 1. The molecule has 5 heteroatoms. The quantitative estimate of drug-likeness (QED) is 0.731. The molecule has 2 aromatic heterocycles. The van der Waals surface area contributed by atoms with E-state index >= 15 is 0 Å². The Morgan fingerprint density at radius 2 is 2.00 bits per heavy atom. The fourth-order valence-electron chi connectivity index (χ4n) is 2.31. The van der Waals surface area contributed by atoms with Gasteiger partial charge < -0.3 is 4.98 Å². The standard InChI is InChI=1S/C15H13ClN2OS/c1-7-6-10(4-5-11(7)16)13-8(2)12-14(19)17-9(3)18-15(12)20-13/h4-6H,1-3H3,(H,17,18,19). The highest BCUT2D eigenvalue weighted by molar-refractivity contribution is 7.22. The third-order valence-corrected chi connectivity index (χ3v) is 5.00. The summed E-state index contributed by atoms with van der Waals surface area (Å²) in [4.78, 5) is 21.1. The third kappa shape index (κ3) is 2.05. The number of H-pyrrole nitrogens is 1. The van der Waals surface area contributed by atoms with E-state index in [1.165, 1.54) is 0 Å². The van der Waals surface area contributed by atoms with Crippen molar-refractivity contribution < 1.29 is 0 Å². The molecule has 1 aromatic carbocycles. The summed E-state index contributed by atoms with van der Waals surface area (Å²) in [5.74, 6) is 0.641. The van der Waals surface area contributed by atoms with E-state index in [0.29, 0.717) is 11.2 Å². The van der Waals surface area contributed by atoms with Crippen LogP contribution in [0.3, 0.4) is 0 Å². The van der Waals surface area contributed by atoms with Crippen molar-refractivity contribution in [3.05, 3.63) is 50.5 Å². The second-order valence-corrected chi connectivity index (χ2v) is 6.26. The molecule has 0 unspecified atom stereocenters. The second-order valence-electron chi connectivity index (χ2n) is 4.85. The average molecular weight is 305 g/mol. The van der Waals surface area contributed by atoms with Crippen molar-refractivity contribution in [2.75, 3.05) is 0 Å². The van der Waals surface area contributed by atoms with Gasteiger partial charge in [0.15, 0.2) is 0 Å². The van der Waals surface area contributed by atoms with Gasteiger partial charge in [0.2, 0.25) is 0 Å². The van der Waals surface area contributed by atoms with Gasteiger partial charge in [-0.15, -0.1) is 11.3 Å². The van der Waals surface area contributed by atoms with Crippen LogP contribution in [0.2, 0.25) is 5.02 Å². The van der Waals surface area contributed by atoms with E-state index < -0.39 is 0 Å². The number of thiophene rings is 1. The summed E-state index contributed by atoms with van der Waals surface area (Å²) in [5.41, 5.74) is 3.00. The molecular weight excluding hydrogens is 292 g/mol. The molecular formula is C15H13ClN2OS. The monoisotopic (exact) mass is 304 g/mol. The van der Waals surface area contributed by atoms with E-state index in [2.05, 4.69) is 9.97 Å². The number of hydrogen-bond donors (Lipinski definition) is 1. The van der Waals surface area contributed by atoms with E-state index in [1.807, 2.05) is 32.0 Å². The van der Waals surface area contributed by atoms with Crippen LogP contribution in [0.4, 0.5) is 0 Å². The number of benzene rings is 1. The number of nitrogens with zero attached hydrogens (tertiary/aromatic N) is 1. The van der Waals surface area contributed by atoms with E-state index in [4.69, 9.17) is 11.6 Å². The zero-order chi connectivity index (χ0) is 14.4. The second kappa shape index (κ2) is 4.72. The van der Waals surface area contributed by atoms with Crippen molar-refractivity contribution in [1.82, 2.24) is 9.97 Å². The van der Waals surface area contributed by atoms with Gasteiger partial charge in [-0.1, -0.05) is 17.7 Å². The molecule has 0 atom stereocenters. The minimum absolute atomic E-state index is 0.0711. The maximum atomic E-state index is 12.1. The first-order valence-corrected chi connectivity index (χ1v) is 7.43. The zero-order valence-corrected chi connectivity index (χ0v) is 12.9. The van der Waals surface area contributed by atoms with Crippen molar-refractivity contribution in [1.29, 1.82) is 0 Å². The summed E-state index contributed by atoms with van der Waals surface area (Å²) < 4.78 is 0. The Hall–Kier alpha value is -1.65. The first-order valence-electron chi connectivity index (χ1n) is 6.24. The van der Waals surface area contributed by atoms with Crippen molar-refractivity contribution >= 4 is 33.2 Å². The molecule has 1 N–H and O–H groups in total. The molecule has 0 saturated heterocycles. The Bertz CT molecular complexity index is 879. The summed E-state index contributed by atoms with van der Waals surface area (Å²) in [7, 11) is 0. The zero-order valence-electron chi connectivity index (χ0n) is 11.4. The number of nitrogens with one attached hydrogen (secondary N) is 1. The molecule has 3 aromatic rings. The van der Waals surface area contributed by atoms with Gasteiger partial charge in [0, 0.05) is 9.90 Å². The van der Waals surface area contributed by atoms with Crippen LogP contribution in [0.15, 0.2) is 23.0 Å². The molecule has 0 saturated carbocycles. The molecule has 2 heterocycles. The van der Waals surface area contributed by atoms with Crippen LogP contribution in [0, 0.1) is 20.8 Å². The minimum Gasteiger partial charge on any atom is -0.310 e. The van der Waals surface area contributed by atoms with Crippen LogP contribution in [0.5, 0.6) is 0 Å². The predicted octanol–water partition coefficient (Wildman–Crippen LogP) is 4.23. The maximum absolute atomic E-state index is 12.1. The Morgan fingerprint density at radius 1 is 1.25 bits per heavy atom. The number of rotatable bonds is 1. The molecule has 3 rings (SSSR count). The Morgan fingerprint density at radius 3 is 2.70 bits per heavy atom. The van der Waals surface area contributed by atoms with Crippen LogP contribution in [-0.2, 0) is 0 Å². The molecule has 0 spiro atoms. The minimum atomic E-state index is -0.0711. The van der Waals surface area contributed by atoms with E-state index in [9.17, 15) is 4.79 Å². The van der Waals surface area contributed by atoms with Crippen molar-refractivity contribution in [2.24, 2.45) is 0 Å². The summed E-state index contributed by atoms with van der Waals surface area (Å²) in [5, 5.41) is 1.43. The lowest BCUT2D eigenvalue weighted by atomic mass is 10.1. The SMILES string of the molecule is Cc1nc2sc(-c3ccc(Cl)c(C)c3)c(C)c2c(=O)[nH]1.